The Morgan fingerprint density at radius 3 is 2.52 bits per heavy atom. The molecule has 0 amide bonds. The molecule has 0 saturated carbocycles. The van der Waals surface area contributed by atoms with Crippen LogP contribution in [0.3, 0.4) is 0 Å². The summed E-state index contributed by atoms with van der Waals surface area (Å²) in [7, 11) is -7.17. The van der Waals surface area contributed by atoms with E-state index in [1.54, 1.807) is 0 Å². The number of ether oxygens (including phenoxy) is 1. The second-order valence-corrected chi connectivity index (χ2v) is 9.60. The predicted octanol–water partition coefficient (Wildman–Crippen LogP) is -0.931. The minimum atomic E-state index is -3.87. The molecule has 2 heterocycles. The molecule has 122 valence electrons. The Balaban J connectivity index is 2.16. The zero-order chi connectivity index (χ0) is 15.7. The van der Waals surface area contributed by atoms with E-state index in [-0.39, 0.29) is 23.7 Å². The zero-order valence-electron chi connectivity index (χ0n) is 11.5. The molecule has 0 aromatic carbocycles. The summed E-state index contributed by atoms with van der Waals surface area (Å²) in [6.07, 6.45) is 1.09. The third kappa shape index (κ3) is 4.38. The summed E-state index contributed by atoms with van der Waals surface area (Å²) in [6.45, 7) is -0.216. The van der Waals surface area contributed by atoms with Gasteiger partial charge in [-0.25, -0.2) is 16.8 Å². The Morgan fingerprint density at radius 1 is 1.33 bits per heavy atom. The summed E-state index contributed by atoms with van der Waals surface area (Å²) in [4.78, 5) is 10.9. The lowest BCUT2D eigenvalue weighted by Crippen LogP contribution is -2.46. The molecule has 2 aliphatic rings. The molecule has 2 fully saturated rings. The molecule has 2 aliphatic heterocycles. The summed E-state index contributed by atoms with van der Waals surface area (Å²) in [5.74, 6) is -2.01. The van der Waals surface area contributed by atoms with Crippen molar-refractivity contribution in [2.75, 3.05) is 30.4 Å². The molecule has 8 nitrogen and oxygen atoms in total. The maximum absolute atomic E-state index is 12.4. The quantitative estimate of drug-likeness (QED) is 0.663. The van der Waals surface area contributed by atoms with Gasteiger partial charge in [-0.05, 0) is 19.3 Å². The second-order valence-electron chi connectivity index (χ2n) is 5.41. The smallest absolute Gasteiger partial charge is 0.318 e. The molecule has 2 rings (SSSR count). The second kappa shape index (κ2) is 6.19. The average molecular weight is 341 g/mol. The lowest BCUT2D eigenvalue weighted by Gasteiger charge is -2.26. The Kier molecular flexibility index (Phi) is 4.91. The van der Waals surface area contributed by atoms with E-state index in [1.807, 2.05) is 0 Å². The number of hydrogen-bond donors (Lipinski definition) is 1. The number of carbonyl (C=O) groups is 1. The number of sulfonamides is 1. The molecule has 1 N–H and O–H groups in total. The van der Waals surface area contributed by atoms with Gasteiger partial charge in [0.05, 0.1) is 23.4 Å². The number of aliphatic carboxylic acids is 1. The van der Waals surface area contributed by atoms with Gasteiger partial charge in [0.15, 0.2) is 9.84 Å². The third-order valence-corrected chi connectivity index (χ3v) is 7.37. The summed E-state index contributed by atoms with van der Waals surface area (Å²) in [5, 5.41) is 8.91. The Labute approximate surface area is 124 Å². The maximum Gasteiger partial charge on any atom is 0.318 e. The maximum atomic E-state index is 12.4. The minimum Gasteiger partial charge on any atom is -0.480 e. The van der Waals surface area contributed by atoms with Gasteiger partial charge in [0.1, 0.15) is 6.54 Å². The number of carboxylic acids is 1. The summed E-state index contributed by atoms with van der Waals surface area (Å²) >= 11 is 0. The van der Waals surface area contributed by atoms with Crippen LogP contribution in [0.1, 0.15) is 19.3 Å². The molecule has 0 spiro atoms. The highest BCUT2D eigenvalue weighted by molar-refractivity contribution is 7.92. The first-order valence-corrected chi connectivity index (χ1v) is 10.2. The van der Waals surface area contributed by atoms with Crippen molar-refractivity contribution in [2.45, 2.75) is 31.4 Å². The number of rotatable bonds is 6. The highest BCUT2D eigenvalue weighted by atomic mass is 32.2. The van der Waals surface area contributed by atoms with Crippen LogP contribution >= 0.6 is 0 Å². The van der Waals surface area contributed by atoms with Crippen molar-refractivity contribution in [3.05, 3.63) is 0 Å². The molecular weight excluding hydrogens is 322 g/mol. The fourth-order valence-electron chi connectivity index (χ4n) is 2.70. The molecule has 0 aromatic heterocycles. The predicted molar refractivity (Wildman–Crippen MR) is 74.2 cm³/mol. The molecule has 0 aliphatic carbocycles. The molecule has 2 unspecified atom stereocenters. The van der Waals surface area contributed by atoms with Gasteiger partial charge in [-0.3, -0.25) is 4.79 Å². The largest absolute Gasteiger partial charge is 0.480 e. The summed E-state index contributed by atoms with van der Waals surface area (Å²) < 4.78 is 53.9. The van der Waals surface area contributed by atoms with Crippen LogP contribution in [0.4, 0.5) is 0 Å². The van der Waals surface area contributed by atoms with Crippen molar-refractivity contribution in [1.29, 1.82) is 0 Å². The zero-order valence-corrected chi connectivity index (χ0v) is 13.1. The van der Waals surface area contributed by atoms with Gasteiger partial charge >= 0.3 is 5.97 Å². The van der Waals surface area contributed by atoms with E-state index in [9.17, 15) is 21.6 Å². The van der Waals surface area contributed by atoms with Gasteiger partial charge < -0.3 is 9.84 Å². The average Bonchev–Trinajstić information content (AvgIpc) is 2.94. The highest BCUT2D eigenvalue weighted by Gasteiger charge is 2.40. The lowest BCUT2D eigenvalue weighted by atomic mass is 10.2. The van der Waals surface area contributed by atoms with Crippen LogP contribution < -0.4 is 0 Å². The van der Waals surface area contributed by atoms with E-state index in [2.05, 4.69) is 0 Å². The molecule has 10 heteroatoms. The number of hydrogen-bond acceptors (Lipinski definition) is 6. The monoisotopic (exact) mass is 341 g/mol. The molecule has 2 saturated heterocycles. The van der Waals surface area contributed by atoms with Crippen molar-refractivity contribution >= 4 is 25.8 Å². The van der Waals surface area contributed by atoms with Crippen molar-refractivity contribution in [2.24, 2.45) is 0 Å². The van der Waals surface area contributed by atoms with Crippen LogP contribution in [0, 0.1) is 0 Å². The van der Waals surface area contributed by atoms with Crippen LogP contribution in [0.2, 0.25) is 0 Å². The van der Waals surface area contributed by atoms with Crippen molar-refractivity contribution in [1.82, 2.24) is 4.31 Å². The molecule has 0 radical (unpaired) electrons. The van der Waals surface area contributed by atoms with Crippen molar-refractivity contribution in [3.63, 3.8) is 0 Å². The summed E-state index contributed by atoms with van der Waals surface area (Å²) in [6, 6.07) is -0.794. The molecule has 21 heavy (non-hydrogen) atoms. The third-order valence-electron chi connectivity index (χ3n) is 3.68. The van der Waals surface area contributed by atoms with Crippen LogP contribution in [-0.4, -0.2) is 74.8 Å². The SMILES string of the molecule is O=C(O)CN(C1CCS(=O)(=O)C1)S(=O)(=O)CC1CCCO1. The topological polar surface area (TPSA) is 118 Å². The Bertz CT molecular complexity index is 592. The summed E-state index contributed by atoms with van der Waals surface area (Å²) in [5.41, 5.74) is 0. The standard InChI is InChI=1S/C11H19NO7S2/c13-11(14)6-12(9-3-5-20(15,16)7-9)21(17,18)8-10-2-1-4-19-10/h9-10H,1-8H2,(H,13,14). The fourth-order valence-corrected chi connectivity index (χ4v) is 6.39. The normalized spacial score (nSPS) is 29.0. The van der Waals surface area contributed by atoms with Crippen molar-refractivity contribution in [3.8, 4) is 0 Å². The van der Waals surface area contributed by atoms with Crippen LogP contribution in [0.25, 0.3) is 0 Å². The van der Waals surface area contributed by atoms with Gasteiger partial charge in [-0.2, -0.15) is 4.31 Å². The number of sulfone groups is 1. The Hall–Kier alpha value is -0.710. The first kappa shape index (κ1) is 16.7. The van der Waals surface area contributed by atoms with Gasteiger partial charge in [0, 0.05) is 12.6 Å². The van der Waals surface area contributed by atoms with E-state index >= 15 is 0 Å². The number of carboxylic acid groups (broad SMARTS) is 1. The van der Waals surface area contributed by atoms with E-state index in [4.69, 9.17) is 9.84 Å². The fraction of sp³-hybridized carbons (Fsp3) is 0.909. The van der Waals surface area contributed by atoms with E-state index < -0.39 is 44.5 Å². The minimum absolute atomic E-state index is 0.108. The molecular formula is C11H19NO7S2. The van der Waals surface area contributed by atoms with Gasteiger partial charge in [-0.15, -0.1) is 0 Å². The first-order valence-electron chi connectivity index (χ1n) is 6.73. The van der Waals surface area contributed by atoms with E-state index in [0.29, 0.717) is 13.0 Å². The first-order chi connectivity index (χ1) is 9.70. The Morgan fingerprint density at radius 2 is 2.05 bits per heavy atom. The van der Waals surface area contributed by atoms with Gasteiger partial charge in [-0.1, -0.05) is 0 Å². The molecule has 0 aromatic rings. The van der Waals surface area contributed by atoms with Crippen LogP contribution in [0.15, 0.2) is 0 Å². The van der Waals surface area contributed by atoms with Crippen LogP contribution in [0.5, 0.6) is 0 Å². The van der Waals surface area contributed by atoms with E-state index in [1.165, 1.54) is 0 Å². The van der Waals surface area contributed by atoms with Gasteiger partial charge in [0.25, 0.3) is 0 Å². The lowest BCUT2D eigenvalue weighted by molar-refractivity contribution is -0.137. The molecule has 2 atom stereocenters. The molecule has 0 bridgehead atoms. The van der Waals surface area contributed by atoms with Crippen molar-refractivity contribution < 1.29 is 31.5 Å². The number of nitrogens with zero attached hydrogens (tertiary/aromatic N) is 1. The van der Waals surface area contributed by atoms with Crippen LogP contribution in [-0.2, 0) is 29.4 Å². The van der Waals surface area contributed by atoms with Gasteiger partial charge in [0.2, 0.25) is 10.0 Å². The van der Waals surface area contributed by atoms with E-state index in [0.717, 1.165) is 10.7 Å². The highest BCUT2D eigenvalue weighted by Crippen LogP contribution is 2.23.